The predicted molar refractivity (Wildman–Crippen MR) is 59.3 cm³/mol. The zero-order valence-electron chi connectivity index (χ0n) is 10.3. The highest BCUT2D eigenvalue weighted by atomic mass is 16.6. The second-order valence-corrected chi connectivity index (χ2v) is 5.26. The van der Waals surface area contributed by atoms with Crippen molar-refractivity contribution in [3.63, 3.8) is 0 Å². The van der Waals surface area contributed by atoms with Crippen molar-refractivity contribution in [3.05, 3.63) is 0 Å². The molecule has 0 fully saturated rings. The molecular formula is C11H23NO3. The van der Waals surface area contributed by atoms with Gasteiger partial charge in [0.15, 0.2) is 0 Å². The van der Waals surface area contributed by atoms with Gasteiger partial charge in [-0.1, -0.05) is 13.8 Å². The molecule has 0 aromatic rings. The van der Waals surface area contributed by atoms with E-state index in [0.717, 1.165) is 0 Å². The minimum Gasteiger partial charge on any atom is -0.459 e. The van der Waals surface area contributed by atoms with Crippen LogP contribution in [0.4, 0.5) is 0 Å². The zero-order chi connectivity index (χ0) is 12.2. The van der Waals surface area contributed by atoms with E-state index in [-0.39, 0.29) is 0 Å². The van der Waals surface area contributed by atoms with Crippen LogP contribution in [0.1, 0.15) is 41.0 Å². The zero-order valence-corrected chi connectivity index (χ0v) is 10.3. The van der Waals surface area contributed by atoms with E-state index in [1.165, 1.54) is 0 Å². The molecule has 0 aliphatic rings. The second-order valence-electron chi connectivity index (χ2n) is 5.26. The molecule has 0 amide bonds. The van der Waals surface area contributed by atoms with Crippen LogP contribution >= 0.6 is 0 Å². The molecule has 0 aliphatic carbocycles. The Balaban J connectivity index is 4.20. The summed E-state index contributed by atoms with van der Waals surface area (Å²) in [5, 5.41) is 9.63. The van der Waals surface area contributed by atoms with Crippen molar-refractivity contribution in [3.8, 4) is 0 Å². The standard InChI is InChI=1S/C11H23NO3/c1-7(2)6-8(13)9(12)10(14)15-11(3,4)5/h7-9,13H,6,12H2,1-5H3/t8-,9+/m1/s1. The number of aliphatic hydroxyl groups is 1. The maximum atomic E-state index is 11.5. The SMILES string of the molecule is CC(C)C[C@@H](O)[C@H](N)C(=O)OC(C)(C)C. The van der Waals surface area contributed by atoms with Crippen molar-refractivity contribution >= 4 is 5.97 Å². The molecule has 0 aromatic carbocycles. The third-order valence-electron chi connectivity index (χ3n) is 1.81. The summed E-state index contributed by atoms with van der Waals surface area (Å²) in [6.07, 6.45) is -0.333. The molecular weight excluding hydrogens is 194 g/mol. The predicted octanol–water partition coefficient (Wildman–Crippen LogP) is 1.06. The van der Waals surface area contributed by atoms with Gasteiger partial charge in [0.2, 0.25) is 0 Å². The fourth-order valence-electron chi connectivity index (χ4n) is 1.16. The molecule has 0 rings (SSSR count). The number of carbonyl (C=O) groups is 1. The van der Waals surface area contributed by atoms with Crippen molar-refractivity contribution in [2.75, 3.05) is 0 Å². The summed E-state index contributed by atoms with van der Waals surface area (Å²) in [7, 11) is 0. The van der Waals surface area contributed by atoms with Gasteiger partial charge in [0.25, 0.3) is 0 Å². The summed E-state index contributed by atoms with van der Waals surface area (Å²) < 4.78 is 5.08. The second kappa shape index (κ2) is 5.47. The van der Waals surface area contributed by atoms with Crippen LogP contribution in [0.5, 0.6) is 0 Å². The molecule has 0 saturated carbocycles. The smallest absolute Gasteiger partial charge is 0.326 e. The molecule has 4 heteroatoms. The van der Waals surface area contributed by atoms with Crippen LogP contribution in [0.2, 0.25) is 0 Å². The first-order chi connectivity index (χ1) is 6.63. The first-order valence-corrected chi connectivity index (χ1v) is 5.30. The normalized spacial score (nSPS) is 16.3. The van der Waals surface area contributed by atoms with E-state index in [4.69, 9.17) is 10.5 Å². The highest BCUT2D eigenvalue weighted by molar-refractivity contribution is 5.76. The molecule has 3 N–H and O–H groups in total. The first-order valence-electron chi connectivity index (χ1n) is 5.30. The summed E-state index contributed by atoms with van der Waals surface area (Å²) in [5.41, 5.74) is 5.03. The molecule has 0 aliphatic heterocycles. The number of aliphatic hydroxyl groups excluding tert-OH is 1. The fourth-order valence-corrected chi connectivity index (χ4v) is 1.16. The van der Waals surface area contributed by atoms with Crippen molar-refractivity contribution in [2.24, 2.45) is 11.7 Å². The van der Waals surface area contributed by atoms with Gasteiger partial charge in [-0.15, -0.1) is 0 Å². The lowest BCUT2D eigenvalue weighted by Crippen LogP contribution is -2.45. The Bertz CT molecular complexity index is 208. The Morgan fingerprint density at radius 2 is 1.87 bits per heavy atom. The summed E-state index contributed by atoms with van der Waals surface area (Å²) in [5.74, 6) is -0.246. The van der Waals surface area contributed by atoms with Crippen LogP contribution in [0.25, 0.3) is 0 Å². The Hall–Kier alpha value is -0.610. The molecule has 0 radical (unpaired) electrons. The van der Waals surface area contributed by atoms with Crippen molar-refractivity contribution in [2.45, 2.75) is 58.8 Å². The molecule has 90 valence electrons. The Labute approximate surface area is 91.8 Å². The summed E-state index contributed by atoms with van der Waals surface area (Å²) in [6, 6.07) is -0.952. The largest absolute Gasteiger partial charge is 0.459 e. The lowest BCUT2D eigenvalue weighted by Gasteiger charge is -2.25. The molecule has 0 saturated heterocycles. The lowest BCUT2D eigenvalue weighted by atomic mass is 10.0. The summed E-state index contributed by atoms with van der Waals surface area (Å²) in [6.45, 7) is 9.24. The van der Waals surface area contributed by atoms with E-state index in [1.807, 2.05) is 13.8 Å². The van der Waals surface area contributed by atoms with Crippen LogP contribution in [-0.2, 0) is 9.53 Å². The fraction of sp³-hybridized carbons (Fsp3) is 0.909. The van der Waals surface area contributed by atoms with Gasteiger partial charge in [-0.25, -0.2) is 0 Å². The minimum atomic E-state index is -0.952. The highest BCUT2D eigenvalue weighted by Gasteiger charge is 2.28. The third kappa shape index (κ3) is 6.47. The maximum Gasteiger partial charge on any atom is 0.326 e. The van der Waals surface area contributed by atoms with Gasteiger partial charge >= 0.3 is 5.97 Å². The lowest BCUT2D eigenvalue weighted by molar-refractivity contribution is -0.159. The number of esters is 1. The van der Waals surface area contributed by atoms with Gasteiger partial charge in [0.05, 0.1) is 6.10 Å². The molecule has 15 heavy (non-hydrogen) atoms. The maximum absolute atomic E-state index is 11.5. The number of ether oxygens (including phenoxy) is 1. The summed E-state index contributed by atoms with van der Waals surface area (Å²) >= 11 is 0. The van der Waals surface area contributed by atoms with Gasteiger partial charge in [-0.05, 0) is 33.1 Å². The monoisotopic (exact) mass is 217 g/mol. The molecule has 0 spiro atoms. The average Bonchev–Trinajstić information content (AvgIpc) is 1.98. The Morgan fingerprint density at radius 1 is 1.40 bits per heavy atom. The van der Waals surface area contributed by atoms with Gasteiger partial charge < -0.3 is 15.6 Å². The van der Waals surface area contributed by atoms with Crippen LogP contribution in [-0.4, -0.2) is 28.8 Å². The van der Waals surface area contributed by atoms with Crippen molar-refractivity contribution < 1.29 is 14.6 Å². The van der Waals surface area contributed by atoms with Gasteiger partial charge in [-0.3, -0.25) is 4.79 Å². The average molecular weight is 217 g/mol. The van der Waals surface area contributed by atoms with Crippen LogP contribution in [0.15, 0.2) is 0 Å². The highest BCUT2D eigenvalue weighted by Crippen LogP contribution is 2.12. The van der Waals surface area contributed by atoms with Gasteiger partial charge in [-0.2, -0.15) is 0 Å². The molecule has 0 aromatic heterocycles. The first kappa shape index (κ1) is 14.4. The van der Waals surface area contributed by atoms with Crippen LogP contribution < -0.4 is 5.73 Å². The minimum absolute atomic E-state index is 0.300. The third-order valence-corrected chi connectivity index (χ3v) is 1.81. The van der Waals surface area contributed by atoms with E-state index in [9.17, 15) is 9.90 Å². The van der Waals surface area contributed by atoms with E-state index in [1.54, 1.807) is 20.8 Å². The molecule has 0 heterocycles. The van der Waals surface area contributed by atoms with Crippen LogP contribution in [0, 0.1) is 5.92 Å². The Kier molecular flexibility index (Phi) is 5.24. The number of rotatable bonds is 4. The molecule has 0 unspecified atom stereocenters. The molecule has 0 bridgehead atoms. The van der Waals surface area contributed by atoms with Gasteiger partial charge in [0.1, 0.15) is 11.6 Å². The van der Waals surface area contributed by atoms with Crippen molar-refractivity contribution in [1.29, 1.82) is 0 Å². The quantitative estimate of drug-likeness (QED) is 0.691. The number of nitrogens with two attached hydrogens (primary N) is 1. The van der Waals surface area contributed by atoms with E-state index >= 15 is 0 Å². The Morgan fingerprint density at radius 3 is 2.20 bits per heavy atom. The van der Waals surface area contributed by atoms with E-state index < -0.39 is 23.7 Å². The van der Waals surface area contributed by atoms with Crippen molar-refractivity contribution in [1.82, 2.24) is 0 Å². The van der Waals surface area contributed by atoms with E-state index in [0.29, 0.717) is 12.3 Å². The number of hydrogen-bond donors (Lipinski definition) is 2. The van der Waals surface area contributed by atoms with E-state index in [2.05, 4.69) is 0 Å². The van der Waals surface area contributed by atoms with Gasteiger partial charge in [0, 0.05) is 0 Å². The summed E-state index contributed by atoms with van der Waals surface area (Å²) in [4.78, 5) is 11.5. The molecule has 2 atom stereocenters. The van der Waals surface area contributed by atoms with Crippen LogP contribution in [0.3, 0.4) is 0 Å². The number of hydrogen-bond acceptors (Lipinski definition) is 4. The number of carbonyl (C=O) groups excluding carboxylic acids is 1. The molecule has 4 nitrogen and oxygen atoms in total. The topological polar surface area (TPSA) is 72.5 Å².